The molecule has 0 aromatic carbocycles. The number of nitrogen functional groups attached to an aromatic ring is 6. The van der Waals surface area contributed by atoms with Crippen LogP contribution in [0.1, 0.15) is 50.2 Å². The van der Waals surface area contributed by atoms with E-state index in [-0.39, 0.29) is 128 Å². The smallest absolute Gasteiger partial charge is 0.325 e. The molecule has 60 nitrogen and oxygen atoms in total. The van der Waals surface area contributed by atoms with Crippen LogP contribution >= 0.6 is 26.9 Å². The van der Waals surface area contributed by atoms with Crippen LogP contribution in [0.2, 0.25) is 0 Å². The number of aliphatic hydroxyl groups excluding tert-OH is 4. The Kier molecular flexibility index (Phi) is 29.5. The molecule has 6 saturated heterocycles. The van der Waals surface area contributed by atoms with Gasteiger partial charge in [-0.1, -0.05) is 0 Å². The molecule has 12 aromatic rings. The summed E-state index contributed by atoms with van der Waals surface area (Å²) in [6.45, 7) is -19.0. The predicted molar refractivity (Wildman–Crippen MR) is 472 cm³/mol. The zero-order valence-corrected chi connectivity index (χ0v) is 77.6. The van der Waals surface area contributed by atoms with Crippen molar-refractivity contribution in [2.75, 3.05) is 102 Å². The monoisotopic (exact) mass is 2050 g/mol. The molecular weight excluding hydrogens is 1970 g/mol. The summed E-state index contributed by atoms with van der Waals surface area (Å²) in [5, 5.41) is 44.0. The van der Waals surface area contributed by atoms with Crippen LogP contribution in [0, 0.1) is 0 Å². The van der Waals surface area contributed by atoms with Crippen molar-refractivity contribution < 1.29 is 143 Å². The Morgan fingerprint density at radius 2 is 0.515 bits per heavy atom. The minimum Gasteiger partial charge on any atom is -0.468 e. The molecule has 0 spiro atoms. The van der Waals surface area contributed by atoms with E-state index in [1.54, 1.807) is 0 Å². The maximum atomic E-state index is 11.7. The Balaban J connectivity index is 0.000000189. The lowest BCUT2D eigenvalue weighted by Gasteiger charge is -2.29. The fourth-order valence-corrected chi connectivity index (χ4v) is 22.1. The lowest BCUT2D eigenvalue weighted by atomic mass is 10.1. The number of carbonyl (C=O) groups is 2. The quantitative estimate of drug-likeness (QED) is 0.0104. The number of rotatable bonds is 38. The SMILES string of the molecule is CO[C@H]1[C@@H](OP(O)(=S)OC[C@H]2O[C@@H](n3cnc4c(N)ncnc43)[C@H](OP(O)(=S)OC[C@H]3O[C@@H](n4cnc5c(N)ncnc54)[C@H](O)[C@@H]3O)[C@@H]2OC)[C@H](n2cnc3c(N)ncnc32)O[C@@H]1CCOC=O.CO[C@H]1[C@@H](OP(O)(=S)OC[C@H]2O[C@@H](n3cnc4c(N)ncnc43)[C@H](OP(O)(=S)OC[C@H]3O[C@@H](n4cnc5c(N)ncnc54)[C@H](O)[C@@H]3O)[C@@H]2OC)[C@H](n2cnc3c(N)ncnc32)O[C@@H]1CCOC=O. The number of anilines is 6. The number of aliphatic hydroxyl groups is 4. The van der Waals surface area contributed by atoms with E-state index >= 15 is 0 Å². The highest BCUT2D eigenvalue weighted by molar-refractivity contribution is 8.08. The Bertz CT molecular complexity index is 6150. The molecule has 136 heavy (non-hydrogen) atoms. The molecule has 6 fully saturated rings. The molecule has 18 heterocycles. The Hall–Kier alpha value is -9.40. The van der Waals surface area contributed by atoms with Crippen molar-refractivity contribution in [3.05, 3.63) is 75.9 Å². The van der Waals surface area contributed by atoms with E-state index in [0.29, 0.717) is 12.9 Å². The largest absolute Gasteiger partial charge is 0.468 e. The number of hydrogen-bond acceptors (Lipinski definition) is 54. The summed E-state index contributed by atoms with van der Waals surface area (Å²) in [5.74, 6) is 0.498. The van der Waals surface area contributed by atoms with Crippen molar-refractivity contribution in [3.63, 3.8) is 0 Å². The predicted octanol–water partition coefficient (Wildman–Crippen LogP) is -3.01. The molecule has 12 aromatic heterocycles. The van der Waals surface area contributed by atoms with E-state index in [9.17, 15) is 49.6 Å². The summed E-state index contributed by atoms with van der Waals surface area (Å²) in [4.78, 5) is 144. The van der Waals surface area contributed by atoms with Crippen LogP contribution in [0.4, 0.5) is 34.9 Å². The van der Waals surface area contributed by atoms with Gasteiger partial charge >= 0.3 is 26.9 Å². The van der Waals surface area contributed by atoms with Crippen molar-refractivity contribution in [2.45, 2.75) is 160 Å². The maximum absolute atomic E-state index is 11.7. The van der Waals surface area contributed by atoms with Gasteiger partial charge < -0.3 is 149 Å². The van der Waals surface area contributed by atoms with Gasteiger partial charge in [0.2, 0.25) is 0 Å². The molecule has 28 atom stereocenters. The number of aromatic nitrogens is 24. The molecule has 68 heteroatoms. The number of carbonyl (C=O) groups excluding carboxylic acids is 2. The molecule has 0 aliphatic carbocycles. The Labute approximate surface area is 783 Å². The molecular formula is C68H86N30O30P4S4. The molecule has 18 rings (SSSR count). The highest BCUT2D eigenvalue weighted by Crippen LogP contribution is 2.57. The van der Waals surface area contributed by atoms with Crippen LogP contribution in [0.25, 0.3) is 67.0 Å². The van der Waals surface area contributed by atoms with E-state index in [1.807, 2.05) is 0 Å². The number of hydrogen-bond donors (Lipinski definition) is 14. The molecule has 6 aliphatic rings. The number of nitrogens with zero attached hydrogens (tertiary/aromatic N) is 24. The molecule has 0 saturated carbocycles. The first-order valence-corrected chi connectivity index (χ1v) is 50.7. The van der Waals surface area contributed by atoms with Crippen LogP contribution in [0.15, 0.2) is 75.9 Å². The van der Waals surface area contributed by atoms with Gasteiger partial charge in [-0.2, -0.15) is 0 Å². The summed E-state index contributed by atoms with van der Waals surface area (Å²) in [5.41, 5.74) is 39.0. The van der Waals surface area contributed by atoms with Crippen molar-refractivity contribution in [3.8, 4) is 0 Å². The van der Waals surface area contributed by atoms with Gasteiger partial charge in [0, 0.05) is 41.3 Å². The van der Waals surface area contributed by atoms with Gasteiger partial charge in [0.1, 0.15) is 169 Å². The number of ether oxygens (including phenoxy) is 12. The maximum Gasteiger partial charge on any atom is 0.325 e. The first-order valence-electron chi connectivity index (χ1n) is 40.3. The van der Waals surface area contributed by atoms with E-state index in [1.165, 1.54) is 132 Å². The third-order valence-electron chi connectivity index (χ3n) is 22.7. The summed E-state index contributed by atoms with van der Waals surface area (Å²) < 4.78 is 127. The number of methoxy groups -OCH3 is 4. The average molecular weight is 2060 g/mol. The minimum atomic E-state index is -4.36. The van der Waals surface area contributed by atoms with Crippen LogP contribution in [0.3, 0.4) is 0 Å². The van der Waals surface area contributed by atoms with Crippen LogP contribution in [-0.4, -0.2) is 348 Å². The van der Waals surface area contributed by atoms with E-state index in [4.69, 9.17) is 175 Å². The molecule has 20 N–H and O–H groups in total. The highest BCUT2D eigenvalue weighted by atomic mass is 32.5. The van der Waals surface area contributed by atoms with Gasteiger partial charge in [0.15, 0.2) is 106 Å². The van der Waals surface area contributed by atoms with E-state index in [0.717, 1.165) is 0 Å². The van der Waals surface area contributed by atoms with Crippen molar-refractivity contribution in [1.29, 1.82) is 0 Å². The van der Waals surface area contributed by atoms with Gasteiger partial charge in [-0.15, -0.1) is 0 Å². The Morgan fingerprint density at radius 1 is 0.309 bits per heavy atom. The lowest BCUT2D eigenvalue weighted by molar-refractivity contribution is -0.131. The minimum absolute atomic E-state index is 0.0350. The van der Waals surface area contributed by atoms with Crippen LogP contribution < -0.4 is 34.4 Å². The second-order valence-electron chi connectivity index (χ2n) is 30.5. The van der Waals surface area contributed by atoms with Gasteiger partial charge in [-0.05, 0) is 47.2 Å². The number of fused-ring (bicyclic) bond motifs is 6. The van der Waals surface area contributed by atoms with Crippen molar-refractivity contribution in [2.24, 2.45) is 0 Å². The second kappa shape index (κ2) is 40.8. The van der Waals surface area contributed by atoms with Crippen LogP contribution in [-0.2, 0) is 150 Å². The zero-order valence-electron chi connectivity index (χ0n) is 70.8. The molecule has 732 valence electrons. The number of imidazole rings is 6. The topological polar surface area (TPSA) is 798 Å². The van der Waals surface area contributed by atoms with Gasteiger partial charge in [0.05, 0.1) is 89.8 Å². The van der Waals surface area contributed by atoms with Crippen molar-refractivity contribution in [1.82, 2.24) is 117 Å². The van der Waals surface area contributed by atoms with Gasteiger partial charge in [-0.25, -0.2) is 89.7 Å². The van der Waals surface area contributed by atoms with Crippen molar-refractivity contribution >= 4 is 189 Å². The summed E-state index contributed by atoms with van der Waals surface area (Å²) >= 11 is 22.1. The standard InChI is InChI=1S/2C34H43N15O15P2S2/c2*1-55-22-14(3-4-57-13-50)60-33(48-11-45-18-27(36)39-8-42-30(18)48)24(22)63-66(54,68)59-6-16-23(56-2)25(34(62-16)49-12-46-19-28(37)40-9-43-31(19)49)64-65(53,67)58-5-15-20(51)21(52)32(61-15)47-10-44-17-26(35)38-7-41-29(17)47/h2*7-16,20-25,32-34,51-52H,3-6H2,1-2H3,(H,53,67)(H,54,68)(H2,35,38,41)(H2,36,39,42)(H2,37,40,43)/t2*14-,15-,16-,20-,21-,22-,23-,24-,25-,32-,33-,34-,65?,66?/m11/s1. The van der Waals surface area contributed by atoms with Gasteiger partial charge in [0.25, 0.3) is 12.9 Å². The summed E-state index contributed by atoms with van der Waals surface area (Å²) in [6, 6.07) is 0. The first kappa shape index (κ1) is 98.2. The summed E-state index contributed by atoms with van der Waals surface area (Å²) in [7, 11) is 5.44. The molecule has 0 amide bonds. The molecule has 0 radical (unpaired) electrons. The normalized spacial score (nSPS) is 30.3. The van der Waals surface area contributed by atoms with E-state index in [2.05, 4.69) is 89.7 Å². The molecule has 0 bridgehead atoms. The zero-order chi connectivity index (χ0) is 96.1. The summed E-state index contributed by atoms with van der Waals surface area (Å²) in [6.07, 6.45) is -12.9. The molecule has 4 unspecified atom stereocenters. The lowest BCUT2D eigenvalue weighted by Crippen LogP contribution is -2.38. The Morgan fingerprint density at radius 3 is 0.743 bits per heavy atom. The number of nitrogens with two attached hydrogens (primary N) is 6. The molecule has 6 aliphatic heterocycles. The fraction of sp³-hybridized carbons (Fsp3) is 0.529. The van der Waals surface area contributed by atoms with Gasteiger partial charge in [-0.3, -0.25) is 55.1 Å². The van der Waals surface area contributed by atoms with Crippen LogP contribution in [0.5, 0.6) is 0 Å². The highest BCUT2D eigenvalue weighted by Gasteiger charge is 2.57. The third-order valence-corrected chi connectivity index (χ3v) is 28.9. The third kappa shape index (κ3) is 19.7. The first-order chi connectivity index (χ1) is 65.3. The van der Waals surface area contributed by atoms with E-state index < -0.39 is 201 Å². The second-order valence-corrected chi connectivity index (χ2v) is 41.7. The fourth-order valence-electron chi connectivity index (χ4n) is 16.5. The average Bonchev–Trinajstić information content (AvgIpc) is 1.54.